The van der Waals surface area contributed by atoms with Gasteiger partial charge in [0.2, 0.25) is 0 Å². The number of piperidine rings is 1. The molecule has 20 heavy (non-hydrogen) atoms. The van der Waals surface area contributed by atoms with E-state index in [4.69, 9.17) is 23.2 Å². The first-order valence-corrected chi connectivity index (χ1v) is 7.37. The molecule has 3 nitrogen and oxygen atoms in total. The molecule has 1 saturated heterocycles. The van der Waals surface area contributed by atoms with Gasteiger partial charge in [0.25, 0.3) is 5.91 Å². The maximum atomic E-state index is 13.5. The molecule has 110 valence electrons. The molecule has 0 radical (unpaired) electrons. The van der Waals surface area contributed by atoms with Gasteiger partial charge in [0.1, 0.15) is 5.82 Å². The van der Waals surface area contributed by atoms with Crippen LogP contribution in [0.5, 0.6) is 0 Å². The van der Waals surface area contributed by atoms with Crippen LogP contribution in [0.15, 0.2) is 12.1 Å². The first-order chi connectivity index (χ1) is 9.52. The first kappa shape index (κ1) is 15.5. The minimum Gasteiger partial charge on any atom is -0.338 e. The Morgan fingerprint density at radius 1 is 1.45 bits per heavy atom. The van der Waals surface area contributed by atoms with Crippen LogP contribution in [-0.2, 0) is 0 Å². The van der Waals surface area contributed by atoms with Crippen molar-refractivity contribution in [2.24, 2.45) is 5.92 Å². The van der Waals surface area contributed by atoms with Crippen molar-refractivity contribution in [1.82, 2.24) is 10.2 Å². The van der Waals surface area contributed by atoms with Crippen LogP contribution in [0, 0.1) is 11.7 Å². The summed E-state index contributed by atoms with van der Waals surface area (Å²) in [6, 6.07) is 2.40. The SMILES string of the molecule is CNCC1CCCN(C(=O)c2cc(F)c(Cl)cc2Cl)C1. The van der Waals surface area contributed by atoms with Gasteiger partial charge >= 0.3 is 0 Å². The van der Waals surface area contributed by atoms with E-state index in [1.807, 2.05) is 7.05 Å². The normalized spacial score (nSPS) is 19.2. The molecular weight excluding hydrogens is 302 g/mol. The molecule has 0 spiro atoms. The number of benzene rings is 1. The Morgan fingerprint density at radius 2 is 2.20 bits per heavy atom. The predicted molar refractivity (Wildman–Crippen MR) is 79.0 cm³/mol. The fourth-order valence-electron chi connectivity index (χ4n) is 2.56. The van der Waals surface area contributed by atoms with Gasteiger partial charge < -0.3 is 10.2 Å². The van der Waals surface area contributed by atoms with Gasteiger partial charge in [-0.15, -0.1) is 0 Å². The molecule has 1 aliphatic heterocycles. The Kier molecular flexibility index (Phi) is 5.24. The smallest absolute Gasteiger partial charge is 0.255 e. The number of hydrogen-bond donors (Lipinski definition) is 1. The lowest BCUT2D eigenvalue weighted by atomic mass is 9.97. The van der Waals surface area contributed by atoms with E-state index in [9.17, 15) is 9.18 Å². The minimum atomic E-state index is -0.622. The summed E-state index contributed by atoms with van der Waals surface area (Å²) < 4.78 is 13.5. The van der Waals surface area contributed by atoms with Gasteiger partial charge in [-0.3, -0.25) is 4.79 Å². The molecule has 1 heterocycles. The molecular formula is C14H17Cl2FN2O. The maximum absolute atomic E-state index is 13.5. The molecule has 0 aliphatic carbocycles. The van der Waals surface area contributed by atoms with E-state index in [2.05, 4.69) is 5.32 Å². The van der Waals surface area contributed by atoms with E-state index >= 15 is 0 Å². The van der Waals surface area contributed by atoms with Crippen molar-refractivity contribution < 1.29 is 9.18 Å². The van der Waals surface area contributed by atoms with E-state index in [-0.39, 0.29) is 21.5 Å². The topological polar surface area (TPSA) is 32.3 Å². The first-order valence-electron chi connectivity index (χ1n) is 6.61. The Hall–Kier alpha value is -0.840. The molecule has 0 saturated carbocycles. The van der Waals surface area contributed by atoms with Crippen LogP contribution in [-0.4, -0.2) is 37.5 Å². The van der Waals surface area contributed by atoms with Crippen molar-refractivity contribution in [3.8, 4) is 0 Å². The molecule has 1 atom stereocenters. The van der Waals surface area contributed by atoms with Crippen molar-refractivity contribution in [2.45, 2.75) is 12.8 Å². The van der Waals surface area contributed by atoms with Crippen LogP contribution < -0.4 is 5.32 Å². The van der Waals surface area contributed by atoms with Gasteiger partial charge in [-0.25, -0.2) is 4.39 Å². The molecule has 0 aromatic heterocycles. The van der Waals surface area contributed by atoms with Gasteiger partial charge in [0, 0.05) is 13.1 Å². The summed E-state index contributed by atoms with van der Waals surface area (Å²) in [5.41, 5.74) is 0.179. The third-order valence-corrected chi connectivity index (χ3v) is 4.14. The number of halogens is 3. The summed E-state index contributed by atoms with van der Waals surface area (Å²) in [4.78, 5) is 14.2. The average molecular weight is 319 g/mol. The third kappa shape index (κ3) is 3.43. The van der Waals surface area contributed by atoms with Gasteiger partial charge in [-0.05, 0) is 44.5 Å². The summed E-state index contributed by atoms with van der Waals surface area (Å²) in [6.07, 6.45) is 2.04. The number of hydrogen-bond acceptors (Lipinski definition) is 2. The quantitative estimate of drug-likeness (QED) is 0.868. The molecule has 1 aliphatic rings. The molecule has 1 fully saturated rings. The highest BCUT2D eigenvalue weighted by Gasteiger charge is 2.26. The number of nitrogens with zero attached hydrogens (tertiary/aromatic N) is 1. The fourth-order valence-corrected chi connectivity index (χ4v) is 3.03. The number of rotatable bonds is 3. The van der Waals surface area contributed by atoms with Crippen LogP contribution in [0.4, 0.5) is 4.39 Å². The Bertz CT molecular complexity index is 508. The summed E-state index contributed by atoms with van der Waals surface area (Å²) in [5, 5.41) is 3.24. The van der Waals surface area contributed by atoms with E-state index < -0.39 is 5.82 Å². The second-order valence-electron chi connectivity index (χ2n) is 5.06. The predicted octanol–water partition coefficient (Wildman–Crippen LogP) is 3.20. The average Bonchev–Trinajstić information content (AvgIpc) is 2.43. The van der Waals surface area contributed by atoms with E-state index in [0.717, 1.165) is 25.5 Å². The zero-order valence-electron chi connectivity index (χ0n) is 11.3. The minimum absolute atomic E-state index is 0.0711. The van der Waals surface area contributed by atoms with E-state index in [1.54, 1.807) is 4.90 Å². The highest BCUT2D eigenvalue weighted by atomic mass is 35.5. The van der Waals surface area contributed by atoms with Crippen LogP contribution in [0.3, 0.4) is 0 Å². The number of carbonyl (C=O) groups is 1. The molecule has 1 unspecified atom stereocenters. The molecule has 1 aromatic rings. The van der Waals surface area contributed by atoms with Gasteiger partial charge in [-0.1, -0.05) is 23.2 Å². The number of amides is 1. The highest BCUT2D eigenvalue weighted by molar-refractivity contribution is 6.36. The molecule has 0 bridgehead atoms. The lowest BCUT2D eigenvalue weighted by molar-refractivity contribution is 0.0674. The largest absolute Gasteiger partial charge is 0.338 e. The van der Waals surface area contributed by atoms with Crippen LogP contribution in [0.1, 0.15) is 23.2 Å². The molecule has 1 aromatic carbocycles. The zero-order valence-corrected chi connectivity index (χ0v) is 12.8. The monoisotopic (exact) mass is 318 g/mol. The number of carbonyl (C=O) groups excluding carboxylic acids is 1. The van der Waals surface area contributed by atoms with Crippen molar-refractivity contribution in [3.63, 3.8) is 0 Å². The van der Waals surface area contributed by atoms with Crippen LogP contribution in [0.2, 0.25) is 10.0 Å². The standard InChI is InChI=1S/C14H17Cl2FN2O/c1-18-7-9-3-2-4-19(8-9)14(20)10-5-13(17)12(16)6-11(10)15/h5-6,9,18H,2-4,7-8H2,1H3. The second kappa shape index (κ2) is 6.74. The van der Waals surface area contributed by atoms with Crippen LogP contribution >= 0.6 is 23.2 Å². The Balaban J connectivity index is 2.16. The highest BCUT2D eigenvalue weighted by Crippen LogP contribution is 2.27. The summed E-state index contributed by atoms with van der Waals surface area (Å²) in [5.74, 6) is -0.428. The van der Waals surface area contributed by atoms with Gasteiger partial charge in [-0.2, -0.15) is 0 Å². The van der Waals surface area contributed by atoms with E-state index in [1.165, 1.54) is 6.07 Å². The fraction of sp³-hybridized carbons (Fsp3) is 0.500. The van der Waals surface area contributed by atoms with Gasteiger partial charge in [0.05, 0.1) is 15.6 Å². The molecule has 1 N–H and O–H groups in total. The van der Waals surface area contributed by atoms with Crippen molar-refractivity contribution >= 4 is 29.1 Å². The zero-order chi connectivity index (χ0) is 14.7. The van der Waals surface area contributed by atoms with Gasteiger partial charge in [0.15, 0.2) is 0 Å². The third-order valence-electron chi connectivity index (χ3n) is 3.54. The second-order valence-corrected chi connectivity index (χ2v) is 5.88. The Morgan fingerprint density at radius 3 is 2.90 bits per heavy atom. The molecule has 1 amide bonds. The van der Waals surface area contributed by atoms with E-state index in [0.29, 0.717) is 19.0 Å². The molecule has 2 rings (SSSR count). The number of nitrogens with one attached hydrogen (secondary N) is 1. The summed E-state index contributed by atoms with van der Waals surface area (Å²) >= 11 is 11.7. The van der Waals surface area contributed by atoms with Crippen molar-refractivity contribution in [2.75, 3.05) is 26.7 Å². The summed E-state index contributed by atoms with van der Waals surface area (Å²) in [6.45, 7) is 2.21. The molecule has 6 heteroatoms. The lowest BCUT2D eigenvalue weighted by Gasteiger charge is -2.33. The summed E-state index contributed by atoms with van der Waals surface area (Å²) in [7, 11) is 1.90. The van der Waals surface area contributed by atoms with Crippen molar-refractivity contribution in [1.29, 1.82) is 0 Å². The van der Waals surface area contributed by atoms with Crippen molar-refractivity contribution in [3.05, 3.63) is 33.6 Å². The Labute approximate surface area is 128 Å². The maximum Gasteiger partial charge on any atom is 0.255 e. The number of likely N-dealkylation sites (tertiary alicyclic amines) is 1. The van der Waals surface area contributed by atoms with Crippen LogP contribution in [0.25, 0.3) is 0 Å². The lowest BCUT2D eigenvalue weighted by Crippen LogP contribution is -2.42.